The van der Waals surface area contributed by atoms with Crippen LogP contribution in [-0.4, -0.2) is 169 Å². The summed E-state index contributed by atoms with van der Waals surface area (Å²) in [6.45, 7) is 6.62. The van der Waals surface area contributed by atoms with E-state index in [1.165, 1.54) is 6.20 Å². The molecule has 0 fully saturated rings. The number of nitrogens with two attached hydrogens (primary N) is 1. The van der Waals surface area contributed by atoms with E-state index in [4.69, 9.17) is 5.73 Å². The third kappa shape index (κ3) is 22.7. The van der Waals surface area contributed by atoms with Gasteiger partial charge in [-0.05, 0) is 109 Å². The van der Waals surface area contributed by atoms with Crippen molar-refractivity contribution in [2.45, 2.75) is 69.5 Å². The van der Waals surface area contributed by atoms with Crippen molar-refractivity contribution in [2.24, 2.45) is 5.73 Å². The molecule has 8 aromatic heterocycles. The summed E-state index contributed by atoms with van der Waals surface area (Å²) in [5, 5.41) is 29.7. The number of fused-ring (bicyclic) bond motifs is 1. The van der Waals surface area contributed by atoms with Crippen LogP contribution in [0.2, 0.25) is 0 Å². The van der Waals surface area contributed by atoms with Crippen LogP contribution in [0.3, 0.4) is 0 Å². The molecule has 10 rings (SSSR count). The van der Waals surface area contributed by atoms with Gasteiger partial charge in [-0.1, -0.05) is 60.7 Å². The molecule has 96 heavy (non-hydrogen) atoms. The van der Waals surface area contributed by atoms with Gasteiger partial charge in [0.25, 0.3) is 11.8 Å². The van der Waals surface area contributed by atoms with Gasteiger partial charge in [0.2, 0.25) is 10.0 Å². The van der Waals surface area contributed by atoms with E-state index in [1.807, 2.05) is 152 Å². The van der Waals surface area contributed by atoms with Gasteiger partial charge in [0.1, 0.15) is 0 Å². The van der Waals surface area contributed by atoms with E-state index in [1.54, 1.807) is 79.8 Å². The molecule has 2 unspecified atom stereocenters. The van der Waals surface area contributed by atoms with Gasteiger partial charge >= 0.3 is 0 Å². The van der Waals surface area contributed by atoms with Crippen molar-refractivity contribution < 1.29 is 28.2 Å². The van der Waals surface area contributed by atoms with Gasteiger partial charge in [0.05, 0.1) is 73.8 Å². The van der Waals surface area contributed by atoms with Crippen molar-refractivity contribution in [1.29, 1.82) is 0 Å². The highest BCUT2D eigenvalue weighted by Gasteiger charge is 2.23. The first-order valence-corrected chi connectivity index (χ1v) is 33.2. The minimum atomic E-state index is -3.84. The highest BCUT2D eigenvalue weighted by atomic mass is 32.2. The molecule has 0 spiro atoms. The molecule has 0 radical (unpaired) electrons. The van der Waals surface area contributed by atoms with Crippen LogP contribution in [0.5, 0.6) is 0 Å². The summed E-state index contributed by atoms with van der Waals surface area (Å²) in [4.78, 5) is 71.8. The average Bonchev–Trinajstić information content (AvgIpc) is 0.787. The first-order chi connectivity index (χ1) is 46.7. The predicted octanol–water partition coefficient (Wildman–Crippen LogP) is 6.28. The maximum Gasteiger partial charge on any atom is 0.252 e. The fourth-order valence-corrected chi connectivity index (χ4v) is 12.1. The van der Waals surface area contributed by atoms with Crippen LogP contribution in [0.25, 0.3) is 10.8 Å². The molecule has 23 nitrogen and oxygen atoms in total. The molecule has 2 atom stereocenters. The van der Waals surface area contributed by atoms with Crippen LogP contribution in [0.1, 0.15) is 66.3 Å². The maximum absolute atomic E-state index is 13.3. The summed E-state index contributed by atoms with van der Waals surface area (Å²) in [7, 11) is -0.0161. The molecule has 0 aliphatic rings. The number of carbonyl (C=O) groups excluding carboxylic acids is 2. The number of rotatable bonds is 34. The lowest BCUT2D eigenvalue weighted by Gasteiger charge is -2.29. The minimum absolute atomic E-state index is 0.00923. The van der Waals surface area contributed by atoms with Crippen molar-refractivity contribution in [1.82, 2.24) is 74.8 Å². The second-order valence-corrected chi connectivity index (χ2v) is 24.9. The standard InChI is InChI=1S/C42H47N9O4S.C30H36N8O2/c1-49(2)40-16-9-15-39-38(40)14-10-17-41(39)56(54,55)48-24-23-46-42(53)32-18-19-36(47-25-32)29-51(28-35-13-5-8-22-45-35)31-37(52)30-50(26-33-11-3-6-20-43-33)27-34-12-4-7-21-44-34;31-12-16-35-30(40)24-10-11-28(36-17-24)21-38(20-27-9-3-6-15-34-27)23-29(39)22-37(18-25-7-1-4-13-32-25)19-26-8-2-5-14-33-26/h3-22,25,37,48,52H,23-24,26-31H2,1-2H3,(H,46,53);1-11,13-15,17,29,39H,12,16,18-23,31H2,(H,35,40). The fourth-order valence-electron chi connectivity index (χ4n) is 10.9. The Morgan fingerprint density at radius 1 is 0.406 bits per heavy atom. The van der Waals surface area contributed by atoms with Gasteiger partial charge in [-0.2, -0.15) is 0 Å². The Morgan fingerprint density at radius 2 is 0.740 bits per heavy atom. The van der Waals surface area contributed by atoms with E-state index in [9.17, 15) is 28.2 Å². The number of sulfonamides is 1. The third-order valence-electron chi connectivity index (χ3n) is 15.3. The summed E-state index contributed by atoms with van der Waals surface area (Å²) >= 11 is 0. The molecule has 0 aliphatic carbocycles. The molecule has 2 amide bonds. The quantitative estimate of drug-likeness (QED) is 0.0242. The number of amides is 2. The SMILES string of the molecule is CN(C)c1cccc2c(S(=O)(=O)NCCNC(=O)c3ccc(CN(Cc4ccccn4)CC(O)CN(Cc4ccccn4)Cc4ccccn4)nc3)cccc12.NCCNC(=O)c1ccc(CN(Cc2ccccn2)CC(O)CN(Cc2ccccn2)Cc2ccccn2)nc1. The van der Waals surface area contributed by atoms with Gasteiger partial charge < -0.3 is 31.5 Å². The molecular formula is C72H83N17O6S. The predicted molar refractivity (Wildman–Crippen MR) is 370 cm³/mol. The van der Waals surface area contributed by atoms with Gasteiger partial charge in [0, 0.05) is 185 Å². The molecular weight excluding hydrogens is 1230 g/mol. The second kappa shape index (κ2) is 36.8. The van der Waals surface area contributed by atoms with Gasteiger partial charge in [-0.15, -0.1) is 0 Å². The molecule has 0 saturated carbocycles. The first kappa shape index (κ1) is 70.6. The Bertz CT molecular complexity index is 3970. The number of hydrogen-bond acceptors (Lipinski definition) is 20. The summed E-state index contributed by atoms with van der Waals surface area (Å²) in [6, 6.07) is 52.7. The maximum atomic E-state index is 13.3. The lowest BCUT2D eigenvalue weighted by Crippen LogP contribution is -2.40. The minimum Gasteiger partial charge on any atom is -0.390 e. The van der Waals surface area contributed by atoms with Crippen LogP contribution in [0.4, 0.5) is 5.69 Å². The summed E-state index contributed by atoms with van der Waals surface area (Å²) in [5.41, 5.74) is 14.1. The largest absolute Gasteiger partial charge is 0.390 e. The molecule has 0 aliphatic heterocycles. The lowest BCUT2D eigenvalue weighted by molar-refractivity contribution is 0.0612. The van der Waals surface area contributed by atoms with E-state index in [0.29, 0.717) is 114 Å². The monoisotopic (exact) mass is 1310 g/mol. The zero-order valence-corrected chi connectivity index (χ0v) is 54.9. The summed E-state index contributed by atoms with van der Waals surface area (Å²) in [6.07, 6.45) is 12.3. The molecule has 8 heterocycles. The number of carbonyl (C=O) groups is 2. The van der Waals surface area contributed by atoms with Crippen molar-refractivity contribution in [3.63, 3.8) is 0 Å². The van der Waals surface area contributed by atoms with E-state index in [0.717, 1.165) is 50.9 Å². The highest BCUT2D eigenvalue weighted by molar-refractivity contribution is 7.89. The van der Waals surface area contributed by atoms with Crippen molar-refractivity contribution in [3.05, 3.63) is 276 Å². The van der Waals surface area contributed by atoms with Gasteiger partial charge in [-0.25, -0.2) is 13.1 Å². The van der Waals surface area contributed by atoms with Gasteiger partial charge in [-0.3, -0.25) is 69.1 Å². The number of pyridine rings is 8. The van der Waals surface area contributed by atoms with Crippen LogP contribution < -0.4 is 26.0 Å². The number of nitrogens with one attached hydrogen (secondary N) is 3. The Morgan fingerprint density at radius 3 is 1.05 bits per heavy atom. The van der Waals surface area contributed by atoms with E-state index < -0.39 is 22.2 Å². The number of aliphatic hydroxyl groups excluding tert-OH is 2. The van der Waals surface area contributed by atoms with E-state index in [2.05, 4.69) is 74.8 Å². The number of aliphatic hydroxyl groups is 2. The number of hydrogen-bond donors (Lipinski definition) is 6. The van der Waals surface area contributed by atoms with Gasteiger partial charge in [0.15, 0.2) is 0 Å². The molecule has 2 aromatic carbocycles. The van der Waals surface area contributed by atoms with E-state index >= 15 is 0 Å². The molecule has 10 aromatic rings. The molecule has 24 heteroatoms. The normalized spacial score (nSPS) is 12.1. The van der Waals surface area contributed by atoms with Crippen LogP contribution >= 0.6 is 0 Å². The van der Waals surface area contributed by atoms with Crippen molar-refractivity contribution in [3.8, 4) is 0 Å². The number of benzene rings is 2. The zero-order chi connectivity index (χ0) is 67.3. The van der Waals surface area contributed by atoms with Crippen LogP contribution in [-0.2, 0) is 62.4 Å². The van der Waals surface area contributed by atoms with Crippen LogP contribution in [0.15, 0.2) is 224 Å². The van der Waals surface area contributed by atoms with Crippen molar-refractivity contribution >= 4 is 38.3 Å². The molecule has 0 saturated heterocycles. The first-order valence-electron chi connectivity index (χ1n) is 31.7. The highest BCUT2D eigenvalue weighted by Crippen LogP contribution is 2.30. The summed E-state index contributed by atoms with van der Waals surface area (Å²) in [5.74, 6) is -0.572. The van der Waals surface area contributed by atoms with E-state index in [-0.39, 0.29) is 29.8 Å². The molecule has 498 valence electrons. The third-order valence-corrected chi connectivity index (χ3v) is 16.8. The Balaban J connectivity index is 0.000000238. The second-order valence-electron chi connectivity index (χ2n) is 23.2. The number of anilines is 1. The van der Waals surface area contributed by atoms with Crippen molar-refractivity contribution in [2.75, 3.05) is 71.4 Å². The lowest BCUT2D eigenvalue weighted by atomic mass is 10.1. The summed E-state index contributed by atoms with van der Waals surface area (Å²) < 4.78 is 29.2. The fraction of sp³-hybridized carbons (Fsp3) is 0.278. The van der Waals surface area contributed by atoms with Crippen LogP contribution in [0, 0.1) is 0 Å². The average molecular weight is 1310 g/mol. The topological polar surface area (TPSA) is 290 Å². The number of aromatic nitrogens is 8. The molecule has 0 bridgehead atoms. The smallest absolute Gasteiger partial charge is 0.252 e. The Kier molecular flexibility index (Phi) is 27.1. The Labute approximate surface area is 561 Å². The zero-order valence-electron chi connectivity index (χ0n) is 54.1. The Hall–Kier alpha value is -9.73. The molecule has 7 N–H and O–H groups in total. The number of nitrogens with zero attached hydrogens (tertiary/aromatic N) is 13.